The topological polar surface area (TPSA) is 65.4 Å². The van der Waals surface area contributed by atoms with Crippen molar-refractivity contribution in [2.24, 2.45) is 0 Å². The molecule has 29 heavy (non-hydrogen) atoms. The standard InChI is InChI=1S/C23H27N3O3/c1-5-26-14-22(17(3)25-26)16(2)24-23(27)19-8-6-18(7-9-19)15-29-21-12-10-20(28-4)11-13-21/h6-14,16H,5,15H2,1-4H3,(H,24,27). The predicted octanol–water partition coefficient (Wildman–Crippen LogP) is 4.29. The van der Waals surface area contributed by atoms with E-state index in [1.807, 2.05) is 80.2 Å². The predicted molar refractivity (Wildman–Crippen MR) is 112 cm³/mol. The molecule has 0 saturated carbocycles. The highest BCUT2D eigenvalue weighted by Crippen LogP contribution is 2.19. The maximum Gasteiger partial charge on any atom is 0.251 e. The Balaban J connectivity index is 1.57. The second-order valence-corrected chi connectivity index (χ2v) is 6.88. The van der Waals surface area contributed by atoms with E-state index in [4.69, 9.17) is 9.47 Å². The maximum absolute atomic E-state index is 12.6. The molecule has 0 fully saturated rings. The molecule has 1 unspecified atom stereocenters. The van der Waals surface area contributed by atoms with Crippen LogP contribution in [0, 0.1) is 6.92 Å². The third-order valence-electron chi connectivity index (χ3n) is 4.80. The largest absolute Gasteiger partial charge is 0.497 e. The third kappa shape index (κ3) is 5.16. The van der Waals surface area contributed by atoms with E-state index in [0.717, 1.165) is 34.9 Å². The quantitative estimate of drug-likeness (QED) is 0.620. The smallest absolute Gasteiger partial charge is 0.251 e. The van der Waals surface area contributed by atoms with Crippen molar-refractivity contribution < 1.29 is 14.3 Å². The Kier molecular flexibility index (Phi) is 6.54. The maximum atomic E-state index is 12.6. The van der Waals surface area contributed by atoms with E-state index < -0.39 is 0 Å². The molecule has 1 N–H and O–H groups in total. The van der Waals surface area contributed by atoms with Gasteiger partial charge in [-0.1, -0.05) is 12.1 Å². The van der Waals surface area contributed by atoms with Gasteiger partial charge in [0.25, 0.3) is 5.91 Å². The summed E-state index contributed by atoms with van der Waals surface area (Å²) >= 11 is 0. The Hall–Kier alpha value is -3.28. The van der Waals surface area contributed by atoms with E-state index in [9.17, 15) is 4.79 Å². The number of hydrogen-bond acceptors (Lipinski definition) is 4. The van der Waals surface area contributed by atoms with Crippen molar-refractivity contribution >= 4 is 5.91 Å². The molecule has 6 nitrogen and oxygen atoms in total. The molecule has 0 saturated heterocycles. The molecule has 1 atom stereocenters. The van der Waals surface area contributed by atoms with Crippen molar-refractivity contribution in [2.45, 2.75) is 40.0 Å². The number of carbonyl (C=O) groups excluding carboxylic acids is 1. The minimum atomic E-state index is -0.110. The molecule has 1 heterocycles. The van der Waals surface area contributed by atoms with E-state index in [1.54, 1.807) is 7.11 Å². The summed E-state index contributed by atoms with van der Waals surface area (Å²) in [6.07, 6.45) is 1.99. The number of nitrogens with one attached hydrogen (secondary N) is 1. The van der Waals surface area contributed by atoms with Crippen LogP contribution in [0.2, 0.25) is 0 Å². The highest BCUT2D eigenvalue weighted by atomic mass is 16.5. The van der Waals surface area contributed by atoms with E-state index in [2.05, 4.69) is 10.4 Å². The van der Waals surface area contributed by atoms with Crippen LogP contribution >= 0.6 is 0 Å². The molecular weight excluding hydrogens is 366 g/mol. The van der Waals surface area contributed by atoms with Crippen LogP contribution in [0.25, 0.3) is 0 Å². The molecule has 0 bridgehead atoms. The number of amides is 1. The van der Waals surface area contributed by atoms with Crippen LogP contribution < -0.4 is 14.8 Å². The number of ether oxygens (including phenoxy) is 2. The van der Waals surface area contributed by atoms with Crippen molar-refractivity contribution in [1.29, 1.82) is 0 Å². The second-order valence-electron chi connectivity index (χ2n) is 6.88. The van der Waals surface area contributed by atoms with Crippen molar-refractivity contribution in [1.82, 2.24) is 15.1 Å². The molecule has 0 aliphatic heterocycles. The Morgan fingerprint density at radius 3 is 2.34 bits per heavy atom. The number of benzene rings is 2. The number of carbonyl (C=O) groups is 1. The molecule has 1 amide bonds. The monoisotopic (exact) mass is 393 g/mol. The van der Waals surface area contributed by atoms with E-state index >= 15 is 0 Å². The van der Waals surface area contributed by atoms with Crippen LogP contribution in [-0.4, -0.2) is 22.8 Å². The number of hydrogen-bond donors (Lipinski definition) is 1. The van der Waals surface area contributed by atoms with Crippen LogP contribution in [0.3, 0.4) is 0 Å². The number of rotatable bonds is 8. The molecule has 1 aromatic heterocycles. The number of aryl methyl sites for hydroxylation is 2. The Labute approximate surface area is 171 Å². The molecule has 2 aromatic carbocycles. The molecule has 0 aliphatic rings. The molecule has 6 heteroatoms. The summed E-state index contributed by atoms with van der Waals surface area (Å²) in [5.41, 5.74) is 3.58. The third-order valence-corrected chi connectivity index (χ3v) is 4.80. The lowest BCUT2D eigenvalue weighted by atomic mass is 10.1. The lowest BCUT2D eigenvalue weighted by Crippen LogP contribution is -2.26. The zero-order chi connectivity index (χ0) is 20.8. The Morgan fingerprint density at radius 1 is 1.10 bits per heavy atom. The van der Waals surface area contributed by atoms with Crippen molar-refractivity contribution in [3.05, 3.63) is 77.1 Å². The van der Waals surface area contributed by atoms with Crippen molar-refractivity contribution in [2.75, 3.05) is 7.11 Å². The van der Waals surface area contributed by atoms with Gasteiger partial charge in [0.1, 0.15) is 18.1 Å². The summed E-state index contributed by atoms with van der Waals surface area (Å²) in [6, 6.07) is 14.8. The van der Waals surface area contributed by atoms with Gasteiger partial charge >= 0.3 is 0 Å². The fourth-order valence-electron chi connectivity index (χ4n) is 3.07. The SMILES string of the molecule is CCn1cc(C(C)NC(=O)c2ccc(COc3ccc(OC)cc3)cc2)c(C)n1. The van der Waals surface area contributed by atoms with Gasteiger partial charge in [-0.2, -0.15) is 5.10 Å². The minimum Gasteiger partial charge on any atom is -0.497 e. The molecule has 0 radical (unpaired) electrons. The van der Waals surface area contributed by atoms with Crippen LogP contribution in [0.4, 0.5) is 0 Å². The Bertz CT molecular complexity index is 947. The zero-order valence-electron chi connectivity index (χ0n) is 17.3. The molecule has 3 rings (SSSR count). The van der Waals surface area contributed by atoms with Gasteiger partial charge in [-0.05, 0) is 62.7 Å². The first-order valence-electron chi connectivity index (χ1n) is 9.70. The summed E-state index contributed by atoms with van der Waals surface area (Å²) in [4.78, 5) is 12.6. The van der Waals surface area contributed by atoms with Crippen molar-refractivity contribution in [3.63, 3.8) is 0 Å². The summed E-state index contributed by atoms with van der Waals surface area (Å²) in [5.74, 6) is 1.45. The fraction of sp³-hybridized carbons (Fsp3) is 0.304. The summed E-state index contributed by atoms with van der Waals surface area (Å²) in [5, 5.41) is 7.48. The van der Waals surface area contributed by atoms with Gasteiger partial charge < -0.3 is 14.8 Å². The fourth-order valence-corrected chi connectivity index (χ4v) is 3.07. The summed E-state index contributed by atoms with van der Waals surface area (Å²) in [6.45, 7) is 7.21. The van der Waals surface area contributed by atoms with Crippen LogP contribution in [0.5, 0.6) is 11.5 Å². The first-order chi connectivity index (χ1) is 14.0. The van der Waals surface area contributed by atoms with Gasteiger partial charge in [0, 0.05) is 23.9 Å². The molecule has 152 valence electrons. The second kappa shape index (κ2) is 9.28. The molecule has 3 aromatic rings. The summed E-state index contributed by atoms with van der Waals surface area (Å²) < 4.78 is 12.8. The first kappa shape index (κ1) is 20.5. The molecular formula is C23H27N3O3. The van der Waals surface area contributed by atoms with Crippen LogP contribution in [0.15, 0.2) is 54.7 Å². The van der Waals surface area contributed by atoms with Crippen molar-refractivity contribution in [3.8, 4) is 11.5 Å². The molecule has 0 spiro atoms. The highest BCUT2D eigenvalue weighted by molar-refractivity contribution is 5.94. The number of nitrogens with zero attached hydrogens (tertiary/aromatic N) is 2. The van der Waals surface area contributed by atoms with Gasteiger partial charge in [0.05, 0.1) is 18.8 Å². The first-order valence-corrected chi connectivity index (χ1v) is 9.70. The number of aromatic nitrogens is 2. The lowest BCUT2D eigenvalue weighted by molar-refractivity contribution is 0.0939. The van der Waals surface area contributed by atoms with Gasteiger partial charge in [-0.15, -0.1) is 0 Å². The zero-order valence-corrected chi connectivity index (χ0v) is 17.3. The lowest BCUT2D eigenvalue weighted by Gasteiger charge is -2.13. The van der Waals surface area contributed by atoms with Gasteiger partial charge in [-0.25, -0.2) is 0 Å². The van der Waals surface area contributed by atoms with Gasteiger partial charge in [0.2, 0.25) is 0 Å². The van der Waals surface area contributed by atoms with Crippen LogP contribution in [0.1, 0.15) is 47.1 Å². The average molecular weight is 393 g/mol. The molecule has 0 aliphatic carbocycles. The van der Waals surface area contributed by atoms with Crippen LogP contribution in [-0.2, 0) is 13.2 Å². The van der Waals surface area contributed by atoms with Gasteiger partial charge in [0.15, 0.2) is 0 Å². The van der Waals surface area contributed by atoms with Gasteiger partial charge in [-0.3, -0.25) is 9.48 Å². The summed E-state index contributed by atoms with van der Waals surface area (Å²) in [7, 11) is 1.63. The highest BCUT2D eigenvalue weighted by Gasteiger charge is 2.15. The normalized spacial score (nSPS) is 11.7. The van der Waals surface area contributed by atoms with E-state index in [-0.39, 0.29) is 11.9 Å². The Morgan fingerprint density at radius 2 is 1.76 bits per heavy atom. The number of methoxy groups -OCH3 is 1. The van der Waals surface area contributed by atoms with E-state index in [0.29, 0.717) is 12.2 Å². The average Bonchev–Trinajstić information content (AvgIpc) is 3.14. The van der Waals surface area contributed by atoms with E-state index in [1.165, 1.54) is 0 Å². The minimum absolute atomic E-state index is 0.108.